The van der Waals surface area contributed by atoms with Crippen molar-refractivity contribution in [3.8, 4) is 5.75 Å². The van der Waals surface area contributed by atoms with Crippen molar-refractivity contribution in [2.75, 3.05) is 20.2 Å². The van der Waals surface area contributed by atoms with Crippen molar-refractivity contribution < 1.29 is 9.53 Å². The minimum Gasteiger partial charge on any atom is -0.496 e. The Labute approximate surface area is 188 Å². The summed E-state index contributed by atoms with van der Waals surface area (Å²) in [6, 6.07) is 13.0. The summed E-state index contributed by atoms with van der Waals surface area (Å²) >= 11 is 0. The van der Waals surface area contributed by atoms with Gasteiger partial charge in [0.15, 0.2) is 0 Å². The van der Waals surface area contributed by atoms with Crippen LogP contribution in [0.2, 0.25) is 0 Å². The van der Waals surface area contributed by atoms with Gasteiger partial charge in [-0.25, -0.2) is 0 Å². The van der Waals surface area contributed by atoms with Gasteiger partial charge in [0.25, 0.3) is 0 Å². The number of nitrogens with one attached hydrogen (secondary N) is 1. The van der Waals surface area contributed by atoms with Gasteiger partial charge in [0.1, 0.15) is 5.75 Å². The van der Waals surface area contributed by atoms with Crippen molar-refractivity contribution in [3.63, 3.8) is 0 Å². The van der Waals surface area contributed by atoms with Crippen molar-refractivity contribution in [2.24, 2.45) is 5.92 Å². The van der Waals surface area contributed by atoms with Crippen molar-refractivity contribution >= 4 is 5.91 Å². The van der Waals surface area contributed by atoms with E-state index in [0.717, 1.165) is 43.8 Å². The van der Waals surface area contributed by atoms with Crippen LogP contribution < -0.4 is 10.1 Å². The van der Waals surface area contributed by atoms with E-state index in [2.05, 4.69) is 81.2 Å². The molecule has 1 N–H and O–H groups in total. The van der Waals surface area contributed by atoms with Gasteiger partial charge in [0, 0.05) is 12.5 Å². The molecule has 1 unspecified atom stereocenters. The summed E-state index contributed by atoms with van der Waals surface area (Å²) in [7, 11) is 1.72. The van der Waals surface area contributed by atoms with E-state index < -0.39 is 0 Å². The molecule has 0 spiro atoms. The van der Waals surface area contributed by atoms with E-state index in [1.807, 2.05) is 0 Å². The molecule has 1 heterocycles. The monoisotopic (exact) mass is 422 g/mol. The van der Waals surface area contributed by atoms with Gasteiger partial charge >= 0.3 is 0 Å². The molecule has 1 saturated heterocycles. The van der Waals surface area contributed by atoms with Gasteiger partial charge in [-0.1, -0.05) is 43.7 Å². The van der Waals surface area contributed by atoms with Crippen LogP contribution in [0.5, 0.6) is 5.75 Å². The van der Waals surface area contributed by atoms with Gasteiger partial charge < -0.3 is 10.1 Å². The summed E-state index contributed by atoms with van der Waals surface area (Å²) in [5, 5.41) is 3.28. The largest absolute Gasteiger partial charge is 0.496 e. The highest BCUT2D eigenvalue weighted by molar-refractivity contribution is 5.79. The summed E-state index contributed by atoms with van der Waals surface area (Å²) in [4.78, 5) is 15.4. The van der Waals surface area contributed by atoms with Crippen molar-refractivity contribution in [1.82, 2.24) is 10.2 Å². The molecule has 1 fully saturated rings. The molecule has 1 aliphatic heterocycles. The predicted octanol–water partition coefficient (Wildman–Crippen LogP) is 5.52. The molecule has 1 amide bonds. The second-order valence-electron chi connectivity index (χ2n) is 9.37. The van der Waals surface area contributed by atoms with Gasteiger partial charge in [-0.15, -0.1) is 0 Å². The molecular weight excluding hydrogens is 384 g/mol. The van der Waals surface area contributed by atoms with Crippen molar-refractivity contribution in [2.45, 2.75) is 66.0 Å². The van der Waals surface area contributed by atoms with E-state index in [1.165, 1.54) is 22.3 Å². The van der Waals surface area contributed by atoms with Gasteiger partial charge in [0.2, 0.25) is 5.91 Å². The SMILES string of the molecule is COc1cc(C)c(C(C)NC(=O)C2CCN(Cc3ccc(C)cc3)CC2)cc1C(C)C. The molecule has 4 heteroatoms. The summed E-state index contributed by atoms with van der Waals surface area (Å²) in [5.74, 6) is 1.58. The molecule has 3 rings (SSSR count). The zero-order valence-corrected chi connectivity index (χ0v) is 20.0. The van der Waals surface area contributed by atoms with Crippen LogP contribution >= 0.6 is 0 Å². The third kappa shape index (κ3) is 5.88. The van der Waals surface area contributed by atoms with Crippen LogP contribution in [-0.4, -0.2) is 31.0 Å². The smallest absolute Gasteiger partial charge is 0.223 e. The van der Waals surface area contributed by atoms with Crippen LogP contribution in [0.15, 0.2) is 36.4 Å². The Bertz CT molecular complexity index is 881. The third-order valence-corrected chi connectivity index (χ3v) is 6.55. The number of ether oxygens (including phenoxy) is 1. The molecule has 0 aliphatic carbocycles. The number of rotatable bonds is 7. The lowest BCUT2D eigenvalue weighted by atomic mass is 9.92. The van der Waals surface area contributed by atoms with Crippen LogP contribution in [0.4, 0.5) is 0 Å². The fourth-order valence-corrected chi connectivity index (χ4v) is 4.52. The number of piperidine rings is 1. The average Bonchev–Trinajstić information content (AvgIpc) is 2.75. The Morgan fingerprint density at radius 1 is 1.06 bits per heavy atom. The average molecular weight is 423 g/mol. The number of hydrogen-bond donors (Lipinski definition) is 1. The van der Waals surface area contributed by atoms with E-state index in [9.17, 15) is 4.79 Å². The number of likely N-dealkylation sites (tertiary alicyclic amines) is 1. The first-order valence-corrected chi connectivity index (χ1v) is 11.5. The number of nitrogens with zero attached hydrogens (tertiary/aromatic N) is 1. The van der Waals surface area contributed by atoms with Crippen LogP contribution in [0, 0.1) is 19.8 Å². The molecule has 168 valence electrons. The van der Waals surface area contributed by atoms with Gasteiger partial charge in [-0.05, 0) is 87.0 Å². The molecule has 0 saturated carbocycles. The molecular formula is C27H38N2O2. The van der Waals surface area contributed by atoms with E-state index >= 15 is 0 Å². The molecule has 1 aliphatic rings. The number of carbonyl (C=O) groups excluding carboxylic acids is 1. The first kappa shape index (κ1) is 23.3. The second-order valence-corrected chi connectivity index (χ2v) is 9.37. The minimum atomic E-state index is -0.0125. The van der Waals surface area contributed by atoms with Crippen molar-refractivity contribution in [3.05, 3.63) is 64.2 Å². The predicted molar refractivity (Wildman–Crippen MR) is 128 cm³/mol. The third-order valence-electron chi connectivity index (χ3n) is 6.55. The molecule has 4 nitrogen and oxygen atoms in total. The fourth-order valence-electron chi connectivity index (χ4n) is 4.52. The first-order valence-electron chi connectivity index (χ1n) is 11.5. The molecule has 31 heavy (non-hydrogen) atoms. The topological polar surface area (TPSA) is 41.6 Å². The number of aryl methyl sites for hydroxylation is 2. The summed E-state index contributed by atoms with van der Waals surface area (Å²) in [6.45, 7) is 13.5. The fraction of sp³-hybridized carbons (Fsp3) is 0.519. The number of hydrogen-bond acceptors (Lipinski definition) is 3. The molecule has 0 bridgehead atoms. The summed E-state index contributed by atoms with van der Waals surface area (Å²) in [6.07, 6.45) is 1.84. The zero-order chi connectivity index (χ0) is 22.5. The Morgan fingerprint density at radius 3 is 2.29 bits per heavy atom. The molecule has 2 aromatic carbocycles. The Kier molecular flexibility index (Phi) is 7.77. The standard InChI is InChI=1S/C27H38N2O2/c1-18(2)24-16-25(20(4)15-26(24)31-6)21(5)28-27(30)23-11-13-29(14-12-23)17-22-9-7-19(3)8-10-22/h7-10,15-16,18,21,23H,11-14,17H2,1-6H3,(H,28,30). The van der Waals surface area contributed by atoms with Gasteiger partial charge in [-0.3, -0.25) is 9.69 Å². The van der Waals surface area contributed by atoms with Crippen molar-refractivity contribution in [1.29, 1.82) is 0 Å². The Balaban J connectivity index is 1.57. The lowest BCUT2D eigenvalue weighted by molar-refractivity contribution is -0.127. The van der Waals surface area contributed by atoms with Crippen LogP contribution in [0.3, 0.4) is 0 Å². The first-order chi connectivity index (χ1) is 14.8. The van der Waals surface area contributed by atoms with Gasteiger partial charge in [-0.2, -0.15) is 0 Å². The Hall–Kier alpha value is -2.33. The molecule has 1 atom stereocenters. The number of benzene rings is 2. The Morgan fingerprint density at radius 2 is 1.71 bits per heavy atom. The van der Waals surface area contributed by atoms with Gasteiger partial charge in [0.05, 0.1) is 13.2 Å². The number of methoxy groups -OCH3 is 1. The highest BCUT2D eigenvalue weighted by Gasteiger charge is 2.26. The lowest BCUT2D eigenvalue weighted by Gasteiger charge is -2.32. The molecule has 2 aromatic rings. The zero-order valence-electron chi connectivity index (χ0n) is 20.0. The van der Waals surface area contributed by atoms with E-state index in [0.29, 0.717) is 5.92 Å². The summed E-state index contributed by atoms with van der Waals surface area (Å²) in [5.41, 5.74) is 6.16. The maximum Gasteiger partial charge on any atom is 0.223 e. The normalized spacial score (nSPS) is 16.4. The number of carbonyl (C=O) groups is 1. The highest BCUT2D eigenvalue weighted by Crippen LogP contribution is 2.32. The maximum absolute atomic E-state index is 13.0. The van der Waals surface area contributed by atoms with E-state index in [1.54, 1.807) is 7.11 Å². The molecule has 0 aromatic heterocycles. The maximum atomic E-state index is 13.0. The quantitative estimate of drug-likeness (QED) is 0.638. The highest BCUT2D eigenvalue weighted by atomic mass is 16.5. The van der Waals surface area contributed by atoms with Crippen LogP contribution in [0.25, 0.3) is 0 Å². The van der Waals surface area contributed by atoms with E-state index in [-0.39, 0.29) is 17.9 Å². The number of amides is 1. The van der Waals surface area contributed by atoms with Crippen LogP contribution in [-0.2, 0) is 11.3 Å². The van der Waals surface area contributed by atoms with E-state index in [4.69, 9.17) is 4.74 Å². The lowest BCUT2D eigenvalue weighted by Crippen LogP contribution is -2.41. The van der Waals surface area contributed by atoms with Crippen LogP contribution in [0.1, 0.15) is 73.4 Å². The minimum absolute atomic E-state index is 0.0125. The molecule has 0 radical (unpaired) electrons. The second kappa shape index (κ2) is 10.3. The summed E-state index contributed by atoms with van der Waals surface area (Å²) < 4.78 is 5.56.